The Balaban J connectivity index is 1.64. The van der Waals surface area contributed by atoms with E-state index in [1.165, 1.54) is 26.3 Å². The van der Waals surface area contributed by atoms with Crippen LogP contribution >= 0.6 is 23.2 Å². The maximum absolute atomic E-state index is 15.3. The smallest absolute Gasteiger partial charge is 0.263 e. The Labute approximate surface area is 229 Å². The van der Waals surface area contributed by atoms with Gasteiger partial charge in [-0.2, -0.15) is 4.39 Å². The average Bonchev–Trinajstić information content (AvgIpc) is 3.51. The summed E-state index contributed by atoms with van der Waals surface area (Å²) < 4.78 is 32.3. The quantitative estimate of drug-likeness (QED) is 0.262. The number of nitrogens with one attached hydrogen (secondary N) is 1. The molecule has 1 amide bonds. The molecule has 4 aromatic rings. The van der Waals surface area contributed by atoms with Crippen molar-refractivity contribution >= 4 is 57.9 Å². The van der Waals surface area contributed by atoms with Gasteiger partial charge < -0.3 is 19.9 Å². The number of amides is 1. The van der Waals surface area contributed by atoms with Crippen LogP contribution in [-0.4, -0.2) is 50.5 Å². The van der Waals surface area contributed by atoms with E-state index in [1.807, 2.05) is 0 Å². The van der Waals surface area contributed by atoms with Crippen molar-refractivity contribution < 1.29 is 23.5 Å². The lowest BCUT2D eigenvalue weighted by Gasteiger charge is -2.15. The van der Waals surface area contributed by atoms with E-state index in [1.54, 1.807) is 14.1 Å². The van der Waals surface area contributed by atoms with Gasteiger partial charge in [0.1, 0.15) is 39.6 Å². The number of aromatic nitrogens is 4. The average molecular weight is 577 g/mol. The minimum Gasteiger partial charge on any atom is -0.506 e. The number of fused-ring (bicyclic) bond motifs is 2. The van der Waals surface area contributed by atoms with Crippen LogP contribution in [0.5, 0.6) is 5.75 Å². The number of phenolic OH excluding ortho intramolecular Hbond substituents is 1. The van der Waals surface area contributed by atoms with Crippen LogP contribution < -0.4 is 15.8 Å². The lowest BCUT2D eigenvalue weighted by atomic mass is 10.0. The van der Waals surface area contributed by atoms with Gasteiger partial charge in [0.25, 0.3) is 5.56 Å². The SMILES string of the molecule is CN(C)c1cc(NC(=O)Cn2cc(-c3cc(C=O)c(O)c(Cl)c3F)c3c(=O)n4c(nc32)CCC4)c(Cl)c(F)n1. The van der Waals surface area contributed by atoms with Crippen molar-refractivity contribution in [3.63, 3.8) is 0 Å². The molecule has 0 unspecified atom stereocenters. The first kappa shape index (κ1) is 26.6. The zero-order valence-corrected chi connectivity index (χ0v) is 22.1. The second kappa shape index (κ2) is 9.93. The topological polar surface area (TPSA) is 122 Å². The van der Waals surface area contributed by atoms with Crippen molar-refractivity contribution in [1.29, 1.82) is 0 Å². The van der Waals surface area contributed by atoms with Crippen LogP contribution in [0.2, 0.25) is 10.0 Å². The number of nitrogens with zero attached hydrogens (tertiary/aromatic N) is 5. The molecule has 0 bridgehead atoms. The van der Waals surface area contributed by atoms with Gasteiger partial charge in [0.2, 0.25) is 11.9 Å². The van der Waals surface area contributed by atoms with Crippen molar-refractivity contribution in [2.24, 2.45) is 0 Å². The molecule has 39 heavy (non-hydrogen) atoms. The number of hydrogen-bond acceptors (Lipinski definition) is 7. The van der Waals surface area contributed by atoms with Gasteiger partial charge in [-0.25, -0.2) is 14.4 Å². The highest BCUT2D eigenvalue weighted by molar-refractivity contribution is 6.34. The molecule has 0 aliphatic carbocycles. The van der Waals surface area contributed by atoms with Gasteiger partial charge in [0.05, 0.1) is 16.6 Å². The zero-order chi connectivity index (χ0) is 28.2. The van der Waals surface area contributed by atoms with E-state index in [-0.39, 0.29) is 44.3 Å². The Morgan fingerprint density at radius 2 is 1.95 bits per heavy atom. The molecule has 0 atom stereocenters. The number of rotatable bonds is 6. The van der Waals surface area contributed by atoms with Crippen LogP contribution in [0.4, 0.5) is 20.3 Å². The van der Waals surface area contributed by atoms with E-state index in [9.17, 15) is 23.9 Å². The third-order valence-electron chi connectivity index (χ3n) is 6.42. The fraction of sp³-hybridized carbons (Fsp3) is 0.240. The number of aryl methyl sites for hydroxylation is 1. The van der Waals surface area contributed by atoms with Crippen LogP contribution in [0.15, 0.2) is 23.1 Å². The molecule has 0 saturated carbocycles. The lowest BCUT2D eigenvalue weighted by Crippen LogP contribution is -2.23. The molecule has 0 fully saturated rings. The van der Waals surface area contributed by atoms with Gasteiger partial charge in [-0.3, -0.25) is 19.0 Å². The Hall–Kier alpha value is -4.03. The molecule has 1 aliphatic heterocycles. The van der Waals surface area contributed by atoms with E-state index in [4.69, 9.17) is 23.2 Å². The van der Waals surface area contributed by atoms with Crippen LogP contribution in [0.25, 0.3) is 22.2 Å². The summed E-state index contributed by atoms with van der Waals surface area (Å²) in [5.41, 5.74) is -0.839. The van der Waals surface area contributed by atoms with E-state index < -0.39 is 40.5 Å². The number of carbonyl (C=O) groups excluding carboxylic acids is 2. The predicted molar refractivity (Wildman–Crippen MR) is 142 cm³/mol. The van der Waals surface area contributed by atoms with E-state index >= 15 is 4.39 Å². The summed E-state index contributed by atoms with van der Waals surface area (Å²) in [6, 6.07) is 2.47. The number of pyridine rings is 1. The summed E-state index contributed by atoms with van der Waals surface area (Å²) in [7, 11) is 3.28. The second-order valence-corrected chi connectivity index (χ2v) is 9.90. The Bertz CT molecular complexity index is 1750. The highest BCUT2D eigenvalue weighted by atomic mass is 35.5. The van der Waals surface area contributed by atoms with Crippen molar-refractivity contribution in [3.8, 4) is 16.9 Å². The highest BCUT2D eigenvalue weighted by Crippen LogP contribution is 2.39. The van der Waals surface area contributed by atoms with Crippen LogP contribution in [0.1, 0.15) is 22.6 Å². The molecular formula is C25H20Cl2F2N6O4. The number of halogens is 4. The molecule has 0 radical (unpaired) electrons. The first-order valence-electron chi connectivity index (χ1n) is 11.6. The minimum absolute atomic E-state index is 0.00818. The summed E-state index contributed by atoms with van der Waals surface area (Å²) >= 11 is 12.0. The number of phenols is 1. The zero-order valence-electron chi connectivity index (χ0n) is 20.6. The first-order chi connectivity index (χ1) is 18.5. The number of anilines is 2. The van der Waals surface area contributed by atoms with Gasteiger partial charge in [0, 0.05) is 50.5 Å². The van der Waals surface area contributed by atoms with Crippen molar-refractivity contribution in [1.82, 2.24) is 19.1 Å². The van der Waals surface area contributed by atoms with Crippen molar-refractivity contribution in [2.75, 3.05) is 24.3 Å². The van der Waals surface area contributed by atoms with Gasteiger partial charge >= 0.3 is 0 Å². The van der Waals surface area contributed by atoms with Crippen LogP contribution in [-0.2, 0) is 24.3 Å². The standard InChI is InChI=1S/C25H20Cl2F2N6O4/c1-33(2)16-7-14(19(26)23(29)31-16)30-17(37)9-34-8-13(12-6-11(10-36)22(38)20(27)21(12)28)18-24(34)32-15-4-3-5-35(15)25(18)39/h6-8,10,38H,3-5,9H2,1-2H3,(H,30,31,37). The number of carbonyl (C=O) groups is 2. The van der Waals surface area contributed by atoms with Gasteiger partial charge in [-0.1, -0.05) is 23.2 Å². The fourth-order valence-corrected chi connectivity index (χ4v) is 4.88. The number of benzene rings is 1. The lowest BCUT2D eigenvalue weighted by molar-refractivity contribution is -0.116. The van der Waals surface area contributed by atoms with Crippen LogP contribution in [0, 0.1) is 11.8 Å². The number of aromatic hydroxyl groups is 1. The Morgan fingerprint density at radius 3 is 2.64 bits per heavy atom. The molecule has 0 saturated heterocycles. The maximum atomic E-state index is 15.3. The summed E-state index contributed by atoms with van der Waals surface area (Å²) in [6.07, 6.45) is 2.86. The molecule has 1 aliphatic rings. The van der Waals surface area contributed by atoms with Crippen molar-refractivity contribution in [3.05, 3.63) is 61.9 Å². The van der Waals surface area contributed by atoms with Crippen molar-refractivity contribution in [2.45, 2.75) is 25.9 Å². The molecule has 4 heterocycles. The molecule has 10 nitrogen and oxygen atoms in total. The molecule has 1 aromatic carbocycles. The largest absolute Gasteiger partial charge is 0.506 e. The Morgan fingerprint density at radius 1 is 1.21 bits per heavy atom. The number of hydrogen-bond donors (Lipinski definition) is 2. The molecule has 202 valence electrons. The van der Waals surface area contributed by atoms with E-state index in [0.29, 0.717) is 31.5 Å². The monoisotopic (exact) mass is 576 g/mol. The van der Waals surface area contributed by atoms with Gasteiger partial charge in [0.15, 0.2) is 12.1 Å². The summed E-state index contributed by atoms with van der Waals surface area (Å²) in [5, 5.41) is 11.5. The third-order valence-corrected chi connectivity index (χ3v) is 7.12. The Kier molecular flexibility index (Phi) is 6.77. The third kappa shape index (κ3) is 4.49. The normalized spacial score (nSPS) is 12.6. The molecule has 3 aromatic heterocycles. The molecule has 2 N–H and O–H groups in total. The summed E-state index contributed by atoms with van der Waals surface area (Å²) in [6.45, 7) is 0.0128. The molecule has 5 rings (SSSR count). The first-order valence-corrected chi connectivity index (χ1v) is 12.4. The maximum Gasteiger partial charge on any atom is 0.263 e. The fourth-order valence-electron chi connectivity index (χ4n) is 4.52. The molecule has 0 spiro atoms. The summed E-state index contributed by atoms with van der Waals surface area (Å²) in [5.74, 6) is -2.67. The second-order valence-electron chi connectivity index (χ2n) is 9.14. The van der Waals surface area contributed by atoms with Gasteiger partial charge in [-0.05, 0) is 12.5 Å². The van der Waals surface area contributed by atoms with E-state index in [0.717, 1.165) is 6.07 Å². The number of aldehydes is 1. The highest BCUT2D eigenvalue weighted by Gasteiger charge is 2.26. The van der Waals surface area contributed by atoms with Gasteiger partial charge in [-0.15, -0.1) is 0 Å². The molecule has 14 heteroatoms. The van der Waals surface area contributed by atoms with Crippen LogP contribution in [0.3, 0.4) is 0 Å². The van der Waals surface area contributed by atoms with E-state index in [2.05, 4.69) is 15.3 Å². The minimum atomic E-state index is -1.05. The summed E-state index contributed by atoms with van der Waals surface area (Å²) in [4.78, 5) is 47.8. The molecular weight excluding hydrogens is 557 g/mol. The predicted octanol–water partition coefficient (Wildman–Crippen LogP) is 4.01.